The largest absolute Gasteiger partial charge is 0.486 e. The average Bonchev–Trinajstić information content (AvgIpc) is 3.31. The summed E-state index contributed by atoms with van der Waals surface area (Å²) in [6.07, 6.45) is 3.27. The lowest BCUT2D eigenvalue weighted by molar-refractivity contribution is 0.171. The second-order valence-electron chi connectivity index (χ2n) is 6.78. The van der Waals surface area contributed by atoms with Crippen LogP contribution < -0.4 is 14.8 Å². The highest BCUT2D eigenvalue weighted by atomic mass is 16.6. The molecule has 3 aromatic heterocycles. The standard InChI is InChI=1S/C21H20N4O3/c1-13-14(2)25(11-16-4-3-7-26-16)21-19(13)20(22-12-23-21)24-15-5-6-17-18(10-15)28-9-8-27-17/h3-7,10,12H,8-9,11H2,1-2H3,(H,22,23,24). The van der Waals surface area contributed by atoms with E-state index in [1.165, 1.54) is 0 Å². The van der Waals surface area contributed by atoms with Crippen molar-refractivity contribution in [1.29, 1.82) is 0 Å². The first-order chi connectivity index (χ1) is 13.7. The van der Waals surface area contributed by atoms with Crippen LogP contribution in [0.1, 0.15) is 17.0 Å². The fourth-order valence-electron chi connectivity index (χ4n) is 3.57. The average molecular weight is 376 g/mol. The van der Waals surface area contributed by atoms with Crippen molar-refractivity contribution in [3.63, 3.8) is 0 Å². The predicted molar refractivity (Wildman–Crippen MR) is 106 cm³/mol. The highest BCUT2D eigenvalue weighted by Crippen LogP contribution is 2.35. The Labute approximate surface area is 161 Å². The van der Waals surface area contributed by atoms with E-state index in [0.29, 0.717) is 19.8 Å². The topological polar surface area (TPSA) is 74.3 Å². The van der Waals surface area contributed by atoms with Gasteiger partial charge in [-0.05, 0) is 43.7 Å². The van der Waals surface area contributed by atoms with Crippen LogP contribution in [0.2, 0.25) is 0 Å². The van der Waals surface area contributed by atoms with Crippen LogP contribution in [0.3, 0.4) is 0 Å². The molecule has 0 amide bonds. The second kappa shape index (κ2) is 6.60. The van der Waals surface area contributed by atoms with Crippen molar-refractivity contribution >= 4 is 22.5 Å². The third kappa shape index (κ3) is 2.76. The Morgan fingerprint density at radius 1 is 1.07 bits per heavy atom. The number of fused-ring (bicyclic) bond motifs is 2. The van der Waals surface area contributed by atoms with Gasteiger partial charge in [-0.2, -0.15) is 0 Å². The molecule has 0 aliphatic carbocycles. The van der Waals surface area contributed by atoms with Gasteiger partial charge in [-0.25, -0.2) is 9.97 Å². The minimum atomic E-state index is 0.558. The van der Waals surface area contributed by atoms with E-state index in [9.17, 15) is 0 Å². The highest BCUT2D eigenvalue weighted by Gasteiger charge is 2.18. The molecule has 1 aromatic carbocycles. The first-order valence-corrected chi connectivity index (χ1v) is 9.20. The molecule has 0 spiro atoms. The number of hydrogen-bond donors (Lipinski definition) is 1. The molecule has 1 aliphatic heterocycles. The Bertz CT molecular complexity index is 1150. The molecule has 142 valence electrons. The quantitative estimate of drug-likeness (QED) is 0.575. The van der Waals surface area contributed by atoms with Gasteiger partial charge in [0.15, 0.2) is 11.5 Å². The molecule has 0 saturated carbocycles. The maximum absolute atomic E-state index is 5.68. The summed E-state index contributed by atoms with van der Waals surface area (Å²) in [7, 11) is 0. The summed E-state index contributed by atoms with van der Waals surface area (Å²) in [6.45, 7) is 5.95. The van der Waals surface area contributed by atoms with E-state index >= 15 is 0 Å². The van der Waals surface area contributed by atoms with E-state index in [4.69, 9.17) is 13.9 Å². The summed E-state index contributed by atoms with van der Waals surface area (Å²) in [4.78, 5) is 9.04. The number of rotatable bonds is 4. The van der Waals surface area contributed by atoms with Gasteiger partial charge >= 0.3 is 0 Å². The van der Waals surface area contributed by atoms with Crippen LogP contribution in [-0.4, -0.2) is 27.7 Å². The van der Waals surface area contributed by atoms with Gasteiger partial charge in [0, 0.05) is 17.4 Å². The molecule has 0 fully saturated rings. The van der Waals surface area contributed by atoms with E-state index in [-0.39, 0.29) is 0 Å². The van der Waals surface area contributed by atoms with Crippen molar-refractivity contribution in [2.75, 3.05) is 18.5 Å². The fraction of sp³-hybridized carbons (Fsp3) is 0.238. The smallest absolute Gasteiger partial charge is 0.163 e. The Kier molecular flexibility index (Phi) is 3.93. The molecule has 7 nitrogen and oxygen atoms in total. The molecular formula is C21H20N4O3. The summed E-state index contributed by atoms with van der Waals surface area (Å²) in [5.74, 6) is 3.16. The number of furan rings is 1. The monoisotopic (exact) mass is 376 g/mol. The molecule has 0 saturated heterocycles. The lowest BCUT2D eigenvalue weighted by atomic mass is 10.2. The highest BCUT2D eigenvalue weighted by molar-refractivity contribution is 5.93. The SMILES string of the molecule is Cc1c(C)n(Cc2ccco2)c2ncnc(Nc3ccc4c(c3)OCCO4)c12. The summed E-state index contributed by atoms with van der Waals surface area (Å²) in [5, 5.41) is 4.42. The number of benzene rings is 1. The van der Waals surface area contributed by atoms with Crippen molar-refractivity contribution in [3.05, 3.63) is 59.9 Å². The van der Waals surface area contributed by atoms with E-state index in [1.54, 1.807) is 12.6 Å². The normalized spacial score (nSPS) is 13.1. The van der Waals surface area contributed by atoms with E-state index in [0.717, 1.165) is 51.1 Å². The summed E-state index contributed by atoms with van der Waals surface area (Å²) < 4.78 is 19.0. The van der Waals surface area contributed by atoms with Crippen LogP contribution in [0.25, 0.3) is 11.0 Å². The van der Waals surface area contributed by atoms with Gasteiger partial charge in [0.1, 0.15) is 36.8 Å². The number of anilines is 2. The minimum Gasteiger partial charge on any atom is -0.486 e. The number of nitrogens with zero attached hydrogens (tertiary/aromatic N) is 3. The van der Waals surface area contributed by atoms with Crippen LogP contribution in [0, 0.1) is 13.8 Å². The van der Waals surface area contributed by atoms with Crippen LogP contribution in [0.15, 0.2) is 47.3 Å². The first kappa shape index (κ1) is 16.7. The summed E-state index contributed by atoms with van der Waals surface area (Å²) in [6, 6.07) is 9.67. The van der Waals surface area contributed by atoms with Crippen LogP contribution in [-0.2, 0) is 6.54 Å². The van der Waals surface area contributed by atoms with Crippen LogP contribution in [0.5, 0.6) is 11.5 Å². The van der Waals surface area contributed by atoms with Gasteiger partial charge in [0.25, 0.3) is 0 Å². The minimum absolute atomic E-state index is 0.558. The molecule has 4 aromatic rings. The molecule has 7 heteroatoms. The lowest BCUT2D eigenvalue weighted by Gasteiger charge is -2.19. The maximum atomic E-state index is 5.68. The van der Waals surface area contributed by atoms with E-state index < -0.39 is 0 Å². The molecule has 0 bridgehead atoms. The molecule has 0 atom stereocenters. The van der Waals surface area contributed by atoms with Gasteiger partial charge in [-0.3, -0.25) is 0 Å². The maximum Gasteiger partial charge on any atom is 0.163 e. The Morgan fingerprint density at radius 3 is 2.75 bits per heavy atom. The van der Waals surface area contributed by atoms with E-state index in [2.05, 4.69) is 33.7 Å². The Hall–Kier alpha value is -3.48. The van der Waals surface area contributed by atoms with Gasteiger partial charge in [-0.1, -0.05) is 0 Å². The number of nitrogens with one attached hydrogen (secondary N) is 1. The first-order valence-electron chi connectivity index (χ1n) is 9.20. The van der Waals surface area contributed by atoms with Gasteiger partial charge in [0.2, 0.25) is 0 Å². The zero-order valence-electron chi connectivity index (χ0n) is 15.7. The number of aromatic nitrogens is 3. The molecule has 28 heavy (non-hydrogen) atoms. The van der Waals surface area contributed by atoms with Crippen molar-refractivity contribution < 1.29 is 13.9 Å². The molecule has 0 radical (unpaired) electrons. The van der Waals surface area contributed by atoms with Gasteiger partial charge < -0.3 is 23.8 Å². The molecule has 1 N–H and O–H groups in total. The Morgan fingerprint density at radius 2 is 1.93 bits per heavy atom. The van der Waals surface area contributed by atoms with Crippen molar-refractivity contribution in [1.82, 2.24) is 14.5 Å². The van der Waals surface area contributed by atoms with Crippen LogP contribution in [0.4, 0.5) is 11.5 Å². The lowest BCUT2D eigenvalue weighted by Crippen LogP contribution is -2.15. The number of aryl methyl sites for hydroxylation is 1. The molecule has 1 aliphatic rings. The zero-order chi connectivity index (χ0) is 19.1. The number of ether oxygens (including phenoxy) is 2. The summed E-state index contributed by atoms with van der Waals surface area (Å²) in [5.41, 5.74) is 4.04. The molecule has 5 rings (SSSR count). The van der Waals surface area contributed by atoms with Gasteiger partial charge in [-0.15, -0.1) is 0 Å². The van der Waals surface area contributed by atoms with E-state index in [1.807, 2.05) is 30.3 Å². The van der Waals surface area contributed by atoms with Crippen molar-refractivity contribution in [2.45, 2.75) is 20.4 Å². The zero-order valence-corrected chi connectivity index (χ0v) is 15.7. The van der Waals surface area contributed by atoms with Gasteiger partial charge in [0.05, 0.1) is 18.2 Å². The van der Waals surface area contributed by atoms with Crippen molar-refractivity contribution in [3.8, 4) is 11.5 Å². The summed E-state index contributed by atoms with van der Waals surface area (Å²) >= 11 is 0. The fourth-order valence-corrected chi connectivity index (χ4v) is 3.57. The molecule has 0 unspecified atom stereocenters. The van der Waals surface area contributed by atoms with Crippen LogP contribution >= 0.6 is 0 Å². The third-order valence-electron chi connectivity index (χ3n) is 5.10. The molecule has 4 heterocycles. The molecular weight excluding hydrogens is 356 g/mol. The Balaban J connectivity index is 1.55. The second-order valence-corrected chi connectivity index (χ2v) is 6.78. The predicted octanol–water partition coefficient (Wildman–Crippen LogP) is 4.20. The number of hydrogen-bond acceptors (Lipinski definition) is 6. The third-order valence-corrected chi connectivity index (χ3v) is 5.10. The van der Waals surface area contributed by atoms with Crippen molar-refractivity contribution in [2.24, 2.45) is 0 Å².